The van der Waals surface area contributed by atoms with Gasteiger partial charge in [0.05, 0.1) is 0 Å². The van der Waals surface area contributed by atoms with E-state index in [0.29, 0.717) is 5.75 Å². The van der Waals surface area contributed by atoms with E-state index >= 15 is 0 Å². The molecule has 0 aliphatic rings. The number of aromatic hydroxyl groups is 1. The van der Waals surface area contributed by atoms with Gasteiger partial charge >= 0.3 is 0 Å². The topological polar surface area (TPSA) is 29.5 Å². The molecule has 2 aromatic carbocycles. The highest BCUT2D eigenvalue weighted by Crippen LogP contribution is 2.35. The fraction of sp³-hybridized carbons (Fsp3) is 0.250. The molecule has 0 aliphatic heterocycles. The number of benzene rings is 2. The van der Waals surface area contributed by atoms with Crippen LogP contribution in [-0.4, -0.2) is 5.11 Å². The zero-order chi connectivity index (χ0) is 13.3. The molecule has 2 heteroatoms. The molecule has 0 unspecified atom stereocenters. The van der Waals surface area contributed by atoms with Gasteiger partial charge in [-0.1, -0.05) is 12.1 Å². The number of hydrogen-bond donors (Lipinski definition) is 1. The first-order valence-electron chi connectivity index (χ1n) is 6.02. The summed E-state index contributed by atoms with van der Waals surface area (Å²) >= 11 is 0. The number of phenolic OH excluding ortho intramolecular Hbond substituents is 1. The van der Waals surface area contributed by atoms with Crippen LogP contribution in [0.2, 0.25) is 0 Å². The van der Waals surface area contributed by atoms with Gasteiger partial charge in [0.2, 0.25) is 0 Å². The number of ether oxygens (including phenoxy) is 1. The Labute approximate surface area is 108 Å². The number of aryl methyl sites for hydroxylation is 4. The average Bonchev–Trinajstić information content (AvgIpc) is 2.22. The van der Waals surface area contributed by atoms with E-state index in [9.17, 15) is 5.11 Å². The molecule has 1 N–H and O–H groups in total. The van der Waals surface area contributed by atoms with Crippen molar-refractivity contribution in [2.75, 3.05) is 0 Å². The van der Waals surface area contributed by atoms with Crippen LogP contribution in [0.5, 0.6) is 17.2 Å². The lowest BCUT2D eigenvalue weighted by atomic mass is 10.1. The van der Waals surface area contributed by atoms with E-state index in [1.807, 2.05) is 45.9 Å². The van der Waals surface area contributed by atoms with Crippen molar-refractivity contribution in [1.29, 1.82) is 0 Å². The molecule has 0 saturated carbocycles. The fourth-order valence-electron chi connectivity index (χ4n) is 2.17. The van der Waals surface area contributed by atoms with Gasteiger partial charge in [-0.15, -0.1) is 0 Å². The van der Waals surface area contributed by atoms with Crippen LogP contribution >= 0.6 is 0 Å². The van der Waals surface area contributed by atoms with Crippen LogP contribution < -0.4 is 4.74 Å². The van der Waals surface area contributed by atoms with Gasteiger partial charge < -0.3 is 9.84 Å². The molecule has 0 saturated heterocycles. The summed E-state index contributed by atoms with van der Waals surface area (Å²) < 4.78 is 5.81. The largest absolute Gasteiger partial charge is 0.504 e. The Hall–Kier alpha value is -1.96. The summed E-state index contributed by atoms with van der Waals surface area (Å²) in [6.45, 7) is 7.95. The summed E-state index contributed by atoms with van der Waals surface area (Å²) in [5.74, 6) is 1.48. The molecule has 0 aromatic heterocycles. The van der Waals surface area contributed by atoms with E-state index in [2.05, 4.69) is 6.07 Å². The molecule has 2 nitrogen and oxygen atoms in total. The van der Waals surface area contributed by atoms with Crippen LogP contribution in [0, 0.1) is 27.7 Å². The lowest BCUT2D eigenvalue weighted by Gasteiger charge is -2.12. The molecule has 0 bridgehead atoms. The highest BCUT2D eigenvalue weighted by atomic mass is 16.5. The van der Waals surface area contributed by atoms with Crippen molar-refractivity contribution in [1.82, 2.24) is 0 Å². The standard InChI is InChI=1S/C16H18O2/c1-10-5-11(2)8-14(7-10)18-16-13(4)6-12(3)9-15(16)17/h5-9,17H,1-4H3. The van der Waals surface area contributed by atoms with Crippen molar-refractivity contribution < 1.29 is 9.84 Å². The minimum atomic E-state index is 0.187. The molecule has 0 fully saturated rings. The van der Waals surface area contributed by atoms with Crippen molar-refractivity contribution in [3.05, 3.63) is 52.6 Å². The van der Waals surface area contributed by atoms with Gasteiger partial charge in [-0.2, -0.15) is 0 Å². The Morgan fingerprint density at radius 2 is 1.33 bits per heavy atom. The van der Waals surface area contributed by atoms with Gasteiger partial charge in [-0.3, -0.25) is 0 Å². The molecule has 2 aromatic rings. The first kappa shape index (κ1) is 12.5. The number of rotatable bonds is 2. The summed E-state index contributed by atoms with van der Waals surface area (Å²) in [6, 6.07) is 9.73. The summed E-state index contributed by atoms with van der Waals surface area (Å²) in [4.78, 5) is 0. The summed E-state index contributed by atoms with van der Waals surface area (Å²) in [7, 11) is 0. The maximum atomic E-state index is 9.95. The number of phenols is 1. The van der Waals surface area contributed by atoms with Gasteiger partial charge in [-0.05, 0) is 68.1 Å². The highest BCUT2D eigenvalue weighted by molar-refractivity contribution is 5.50. The zero-order valence-electron chi connectivity index (χ0n) is 11.2. The molecule has 0 atom stereocenters. The quantitative estimate of drug-likeness (QED) is 0.844. The second-order valence-electron chi connectivity index (χ2n) is 4.86. The van der Waals surface area contributed by atoms with Crippen LogP contribution in [0.15, 0.2) is 30.3 Å². The molecule has 0 spiro atoms. The Morgan fingerprint density at radius 1 is 0.778 bits per heavy atom. The van der Waals surface area contributed by atoms with Crippen LogP contribution in [0.1, 0.15) is 22.3 Å². The van der Waals surface area contributed by atoms with Crippen LogP contribution in [0.3, 0.4) is 0 Å². The van der Waals surface area contributed by atoms with Gasteiger partial charge in [0.15, 0.2) is 11.5 Å². The molecule has 94 valence electrons. The second-order valence-corrected chi connectivity index (χ2v) is 4.86. The van der Waals surface area contributed by atoms with Gasteiger partial charge in [-0.25, -0.2) is 0 Å². The minimum absolute atomic E-state index is 0.187. The second kappa shape index (κ2) is 4.73. The minimum Gasteiger partial charge on any atom is -0.504 e. The van der Waals surface area contributed by atoms with E-state index in [1.165, 1.54) is 0 Å². The third-order valence-electron chi connectivity index (χ3n) is 2.81. The lowest BCUT2D eigenvalue weighted by molar-refractivity contribution is 0.408. The highest BCUT2D eigenvalue weighted by Gasteiger charge is 2.09. The Kier molecular flexibility index (Phi) is 3.28. The molecule has 2 rings (SSSR count). The van der Waals surface area contributed by atoms with E-state index in [1.54, 1.807) is 6.07 Å². The first-order chi connectivity index (χ1) is 8.45. The fourth-order valence-corrected chi connectivity index (χ4v) is 2.17. The van der Waals surface area contributed by atoms with Crippen LogP contribution in [0.4, 0.5) is 0 Å². The smallest absolute Gasteiger partial charge is 0.171 e. The monoisotopic (exact) mass is 242 g/mol. The van der Waals surface area contributed by atoms with Gasteiger partial charge in [0.25, 0.3) is 0 Å². The molecule has 0 aliphatic carbocycles. The van der Waals surface area contributed by atoms with E-state index in [-0.39, 0.29) is 5.75 Å². The maximum Gasteiger partial charge on any atom is 0.171 e. The normalized spacial score (nSPS) is 10.4. The summed E-state index contributed by atoms with van der Waals surface area (Å²) in [5, 5.41) is 9.95. The number of hydrogen-bond acceptors (Lipinski definition) is 2. The lowest BCUT2D eigenvalue weighted by Crippen LogP contribution is -1.91. The average molecular weight is 242 g/mol. The summed E-state index contributed by atoms with van der Waals surface area (Å²) in [6.07, 6.45) is 0. The van der Waals surface area contributed by atoms with E-state index in [0.717, 1.165) is 28.0 Å². The van der Waals surface area contributed by atoms with Gasteiger partial charge in [0, 0.05) is 0 Å². The van der Waals surface area contributed by atoms with Crippen molar-refractivity contribution in [2.24, 2.45) is 0 Å². The summed E-state index contributed by atoms with van der Waals surface area (Å²) in [5.41, 5.74) is 4.26. The Balaban J connectivity index is 2.40. The Morgan fingerprint density at radius 3 is 1.89 bits per heavy atom. The molecule has 0 heterocycles. The molecule has 0 radical (unpaired) electrons. The zero-order valence-corrected chi connectivity index (χ0v) is 11.2. The van der Waals surface area contributed by atoms with E-state index < -0.39 is 0 Å². The first-order valence-corrected chi connectivity index (χ1v) is 6.02. The molecule has 18 heavy (non-hydrogen) atoms. The van der Waals surface area contributed by atoms with Crippen LogP contribution in [0.25, 0.3) is 0 Å². The SMILES string of the molecule is Cc1cc(C)cc(Oc2c(C)cc(C)cc2O)c1. The molecular formula is C16H18O2. The van der Waals surface area contributed by atoms with Crippen molar-refractivity contribution in [3.8, 4) is 17.2 Å². The Bertz CT molecular complexity index is 542. The third kappa shape index (κ3) is 2.65. The molecule has 0 amide bonds. The van der Waals surface area contributed by atoms with Gasteiger partial charge in [0.1, 0.15) is 5.75 Å². The van der Waals surface area contributed by atoms with Crippen molar-refractivity contribution >= 4 is 0 Å². The van der Waals surface area contributed by atoms with Crippen molar-refractivity contribution in [2.45, 2.75) is 27.7 Å². The predicted octanol–water partition coefficient (Wildman–Crippen LogP) is 4.42. The maximum absolute atomic E-state index is 9.95. The van der Waals surface area contributed by atoms with Crippen LogP contribution in [-0.2, 0) is 0 Å². The van der Waals surface area contributed by atoms with Crippen molar-refractivity contribution in [3.63, 3.8) is 0 Å². The predicted molar refractivity (Wildman–Crippen MR) is 73.6 cm³/mol. The third-order valence-corrected chi connectivity index (χ3v) is 2.81. The molecular weight excluding hydrogens is 224 g/mol. The van der Waals surface area contributed by atoms with E-state index in [4.69, 9.17) is 4.74 Å².